The zero-order valence-electron chi connectivity index (χ0n) is 13.2. The van der Waals surface area contributed by atoms with Crippen molar-refractivity contribution in [1.29, 1.82) is 0 Å². The van der Waals surface area contributed by atoms with Crippen LogP contribution in [0.25, 0.3) is 0 Å². The number of hydrogen-bond acceptors (Lipinski definition) is 3. The van der Waals surface area contributed by atoms with E-state index in [0.717, 1.165) is 5.56 Å². The lowest BCUT2D eigenvalue weighted by Crippen LogP contribution is -2.34. The molecular formula is C16H20F3NO4. The van der Waals surface area contributed by atoms with Gasteiger partial charge in [0.05, 0.1) is 18.9 Å². The molecule has 1 rings (SSSR count). The number of nitrogens with one attached hydrogen (secondary N) is 1. The monoisotopic (exact) mass is 347 g/mol. The second kappa shape index (κ2) is 9.14. The van der Waals surface area contributed by atoms with Crippen molar-refractivity contribution in [2.45, 2.75) is 32.4 Å². The van der Waals surface area contributed by atoms with Gasteiger partial charge in [-0.1, -0.05) is 12.1 Å². The Balaban J connectivity index is 2.52. The Labute approximate surface area is 137 Å². The van der Waals surface area contributed by atoms with Crippen LogP contribution in [-0.2, 0) is 16.0 Å². The fraction of sp³-hybridized carbons (Fsp3) is 0.500. The van der Waals surface area contributed by atoms with Gasteiger partial charge >= 0.3 is 12.1 Å². The molecule has 1 aromatic rings. The maximum Gasteiger partial charge on any atom is 0.389 e. The molecule has 5 nitrogen and oxygen atoms in total. The zero-order chi connectivity index (χ0) is 18.2. The Morgan fingerprint density at radius 3 is 2.38 bits per heavy atom. The van der Waals surface area contributed by atoms with E-state index >= 15 is 0 Å². The molecule has 0 aromatic heterocycles. The van der Waals surface area contributed by atoms with Gasteiger partial charge in [0.25, 0.3) is 0 Å². The third kappa shape index (κ3) is 7.85. The summed E-state index contributed by atoms with van der Waals surface area (Å²) in [7, 11) is 0. The van der Waals surface area contributed by atoms with Crippen LogP contribution in [0.1, 0.15) is 25.3 Å². The van der Waals surface area contributed by atoms with Gasteiger partial charge in [0, 0.05) is 13.0 Å². The second-order valence-electron chi connectivity index (χ2n) is 5.24. The number of carbonyl (C=O) groups excluding carboxylic acids is 1. The summed E-state index contributed by atoms with van der Waals surface area (Å²) >= 11 is 0. The summed E-state index contributed by atoms with van der Waals surface area (Å²) in [4.78, 5) is 22.6. The van der Waals surface area contributed by atoms with Crippen molar-refractivity contribution in [2.24, 2.45) is 5.92 Å². The van der Waals surface area contributed by atoms with Gasteiger partial charge in [-0.05, 0) is 31.0 Å². The number of carboxylic acids is 1. The number of hydrogen-bond donors (Lipinski definition) is 2. The van der Waals surface area contributed by atoms with Crippen LogP contribution in [0.15, 0.2) is 24.3 Å². The SMILES string of the molecule is CCOc1ccc(CC(CNC(=O)CCC(F)(F)F)C(=O)O)cc1. The minimum atomic E-state index is -4.41. The number of carbonyl (C=O) groups is 2. The first kappa shape index (κ1) is 19.8. The van der Waals surface area contributed by atoms with Crippen molar-refractivity contribution in [3.05, 3.63) is 29.8 Å². The fourth-order valence-electron chi connectivity index (χ4n) is 2.00. The van der Waals surface area contributed by atoms with Crippen LogP contribution in [0.5, 0.6) is 5.75 Å². The molecule has 2 N–H and O–H groups in total. The molecular weight excluding hydrogens is 327 g/mol. The molecule has 134 valence electrons. The van der Waals surface area contributed by atoms with Gasteiger partial charge < -0.3 is 15.2 Å². The third-order valence-electron chi connectivity index (χ3n) is 3.25. The summed E-state index contributed by atoms with van der Waals surface area (Å²) in [5.74, 6) is -2.20. The summed E-state index contributed by atoms with van der Waals surface area (Å²) in [5, 5.41) is 11.4. The highest BCUT2D eigenvalue weighted by Gasteiger charge is 2.28. The molecule has 0 radical (unpaired) electrons. The molecule has 1 unspecified atom stereocenters. The molecule has 0 aliphatic rings. The van der Waals surface area contributed by atoms with E-state index in [4.69, 9.17) is 4.74 Å². The highest BCUT2D eigenvalue weighted by molar-refractivity contribution is 5.77. The molecule has 0 aliphatic heterocycles. The van der Waals surface area contributed by atoms with Crippen LogP contribution in [0.2, 0.25) is 0 Å². The molecule has 1 aromatic carbocycles. The lowest BCUT2D eigenvalue weighted by Gasteiger charge is -2.14. The van der Waals surface area contributed by atoms with Crippen molar-refractivity contribution >= 4 is 11.9 Å². The van der Waals surface area contributed by atoms with Crippen molar-refractivity contribution in [3.63, 3.8) is 0 Å². The first-order valence-corrected chi connectivity index (χ1v) is 7.49. The number of alkyl halides is 3. The number of halogens is 3. The van der Waals surface area contributed by atoms with Crippen LogP contribution in [-0.4, -0.2) is 36.3 Å². The summed E-state index contributed by atoms with van der Waals surface area (Å²) < 4.78 is 41.4. The minimum absolute atomic E-state index is 0.154. The quantitative estimate of drug-likeness (QED) is 0.720. The highest BCUT2D eigenvalue weighted by Crippen LogP contribution is 2.21. The van der Waals surface area contributed by atoms with Gasteiger partial charge in [-0.3, -0.25) is 9.59 Å². The normalized spacial score (nSPS) is 12.5. The smallest absolute Gasteiger partial charge is 0.389 e. The van der Waals surface area contributed by atoms with Crippen molar-refractivity contribution in [2.75, 3.05) is 13.2 Å². The van der Waals surface area contributed by atoms with Crippen molar-refractivity contribution in [1.82, 2.24) is 5.32 Å². The maximum absolute atomic E-state index is 12.0. The van der Waals surface area contributed by atoms with Crippen LogP contribution < -0.4 is 10.1 Å². The molecule has 0 spiro atoms. The van der Waals surface area contributed by atoms with E-state index in [1.165, 1.54) is 0 Å². The first-order chi connectivity index (χ1) is 11.2. The second-order valence-corrected chi connectivity index (χ2v) is 5.24. The van der Waals surface area contributed by atoms with E-state index in [1.54, 1.807) is 24.3 Å². The Hall–Kier alpha value is -2.25. The van der Waals surface area contributed by atoms with E-state index in [2.05, 4.69) is 5.32 Å². The lowest BCUT2D eigenvalue weighted by atomic mass is 9.99. The van der Waals surface area contributed by atoms with E-state index < -0.39 is 36.8 Å². The molecule has 24 heavy (non-hydrogen) atoms. The largest absolute Gasteiger partial charge is 0.494 e. The first-order valence-electron chi connectivity index (χ1n) is 7.49. The molecule has 0 saturated heterocycles. The van der Waals surface area contributed by atoms with Gasteiger partial charge in [-0.15, -0.1) is 0 Å². The Morgan fingerprint density at radius 1 is 1.25 bits per heavy atom. The number of benzene rings is 1. The van der Waals surface area contributed by atoms with Crippen LogP contribution in [0.3, 0.4) is 0 Å². The standard InChI is InChI=1S/C16H20F3NO4/c1-2-24-13-5-3-11(4-6-13)9-12(15(22)23)10-20-14(21)7-8-16(17,18)19/h3-6,12H,2,7-10H2,1H3,(H,20,21)(H,22,23). The Morgan fingerprint density at radius 2 is 1.88 bits per heavy atom. The summed E-state index contributed by atoms with van der Waals surface area (Å²) in [6, 6.07) is 6.85. The molecule has 0 fully saturated rings. The van der Waals surface area contributed by atoms with E-state index in [1.807, 2.05) is 6.92 Å². The Bertz CT molecular complexity index is 543. The zero-order valence-corrected chi connectivity index (χ0v) is 13.2. The van der Waals surface area contributed by atoms with Gasteiger partial charge in [0.1, 0.15) is 5.75 Å². The predicted octanol–water partition coefficient (Wildman–Crippen LogP) is 2.79. The van der Waals surface area contributed by atoms with E-state index in [-0.39, 0.29) is 13.0 Å². The van der Waals surface area contributed by atoms with E-state index in [9.17, 15) is 27.9 Å². The molecule has 0 heterocycles. The third-order valence-corrected chi connectivity index (χ3v) is 3.25. The van der Waals surface area contributed by atoms with Crippen molar-refractivity contribution in [3.8, 4) is 5.75 Å². The topological polar surface area (TPSA) is 75.6 Å². The molecule has 0 saturated carbocycles. The molecule has 1 atom stereocenters. The van der Waals surface area contributed by atoms with Gasteiger partial charge in [-0.25, -0.2) is 0 Å². The number of ether oxygens (including phenoxy) is 1. The predicted molar refractivity (Wildman–Crippen MR) is 80.7 cm³/mol. The van der Waals surface area contributed by atoms with Crippen LogP contribution in [0, 0.1) is 5.92 Å². The number of aliphatic carboxylic acids is 1. The van der Waals surface area contributed by atoms with E-state index in [0.29, 0.717) is 12.4 Å². The highest BCUT2D eigenvalue weighted by atomic mass is 19.4. The molecule has 1 amide bonds. The van der Waals surface area contributed by atoms with Crippen LogP contribution in [0.4, 0.5) is 13.2 Å². The summed E-state index contributed by atoms with van der Waals surface area (Å²) in [6.45, 7) is 2.14. The van der Waals surface area contributed by atoms with Crippen LogP contribution >= 0.6 is 0 Å². The fourth-order valence-corrected chi connectivity index (χ4v) is 2.00. The number of amides is 1. The van der Waals surface area contributed by atoms with Gasteiger partial charge in [0.15, 0.2) is 0 Å². The molecule has 0 aliphatic carbocycles. The lowest BCUT2D eigenvalue weighted by molar-refractivity contribution is -0.145. The summed E-state index contributed by atoms with van der Waals surface area (Å²) in [6.07, 6.45) is -6.19. The average molecular weight is 347 g/mol. The Kier molecular flexibility index (Phi) is 7.54. The minimum Gasteiger partial charge on any atom is -0.494 e. The average Bonchev–Trinajstić information content (AvgIpc) is 2.50. The number of rotatable bonds is 9. The van der Waals surface area contributed by atoms with Gasteiger partial charge in [-0.2, -0.15) is 13.2 Å². The summed E-state index contributed by atoms with van der Waals surface area (Å²) in [5.41, 5.74) is 0.732. The molecule has 0 bridgehead atoms. The van der Waals surface area contributed by atoms with Gasteiger partial charge in [0.2, 0.25) is 5.91 Å². The maximum atomic E-state index is 12.0. The number of carboxylic acid groups (broad SMARTS) is 1. The van der Waals surface area contributed by atoms with Crippen molar-refractivity contribution < 1.29 is 32.6 Å². The molecule has 8 heteroatoms.